The van der Waals surface area contributed by atoms with Gasteiger partial charge in [-0.3, -0.25) is 14.6 Å². The first-order valence-corrected chi connectivity index (χ1v) is 8.79. The fraction of sp³-hybridized carbons (Fsp3) is 0.250. The highest BCUT2D eigenvalue weighted by molar-refractivity contribution is 6.06. The van der Waals surface area contributed by atoms with Gasteiger partial charge in [0.2, 0.25) is 0 Å². The molecule has 132 valence electrons. The van der Waals surface area contributed by atoms with Gasteiger partial charge in [-0.1, -0.05) is 18.2 Å². The number of fused-ring (bicyclic) bond motifs is 1. The molecule has 2 aromatic heterocycles. The molecule has 3 heterocycles. The topological polar surface area (TPSA) is 69.3 Å². The van der Waals surface area contributed by atoms with Crippen LogP contribution in [0.25, 0.3) is 10.9 Å². The first kappa shape index (κ1) is 16.3. The number of para-hydroxylation sites is 1. The smallest absolute Gasteiger partial charge is 0.256 e. The van der Waals surface area contributed by atoms with Crippen LogP contribution in [0.2, 0.25) is 0 Å². The number of nitrogens with one attached hydrogen (secondary N) is 1. The van der Waals surface area contributed by atoms with Crippen LogP contribution in [0.5, 0.6) is 0 Å². The molecule has 0 radical (unpaired) electrons. The molecule has 1 N–H and O–H groups in total. The molecule has 0 aliphatic carbocycles. The molecule has 2 amide bonds. The maximum Gasteiger partial charge on any atom is 0.256 e. The molecule has 4 rings (SSSR count). The van der Waals surface area contributed by atoms with E-state index in [-0.39, 0.29) is 11.8 Å². The standard InChI is InChI=1S/C20H20N4O2/c25-19(15-5-3-8-21-13-15)23-9-4-10-24(12-11-23)20(26)17-14-22-18-7-2-1-6-16(17)18/h1-3,5-8,13-14,22H,4,9-12H2. The van der Waals surface area contributed by atoms with Crippen molar-refractivity contribution in [2.45, 2.75) is 6.42 Å². The van der Waals surface area contributed by atoms with Crippen molar-refractivity contribution in [3.63, 3.8) is 0 Å². The fourth-order valence-electron chi connectivity index (χ4n) is 3.41. The minimum Gasteiger partial charge on any atom is -0.360 e. The van der Waals surface area contributed by atoms with Gasteiger partial charge in [-0.25, -0.2) is 0 Å². The Morgan fingerprint density at radius 2 is 1.69 bits per heavy atom. The molecule has 0 atom stereocenters. The van der Waals surface area contributed by atoms with Crippen LogP contribution in [0.1, 0.15) is 27.1 Å². The van der Waals surface area contributed by atoms with E-state index in [4.69, 9.17) is 0 Å². The zero-order chi connectivity index (χ0) is 17.9. The molecule has 1 saturated heterocycles. The summed E-state index contributed by atoms with van der Waals surface area (Å²) < 4.78 is 0. The maximum absolute atomic E-state index is 13.0. The van der Waals surface area contributed by atoms with E-state index in [1.807, 2.05) is 29.2 Å². The van der Waals surface area contributed by atoms with Crippen molar-refractivity contribution in [2.24, 2.45) is 0 Å². The maximum atomic E-state index is 13.0. The van der Waals surface area contributed by atoms with E-state index in [9.17, 15) is 9.59 Å². The minimum absolute atomic E-state index is 0.0122. The minimum atomic E-state index is -0.0282. The number of nitrogens with zero attached hydrogens (tertiary/aromatic N) is 3. The number of carbonyl (C=O) groups is 2. The SMILES string of the molecule is O=C(c1cccnc1)N1CCCN(C(=O)c2c[nH]c3ccccc23)CC1. The summed E-state index contributed by atoms with van der Waals surface area (Å²) in [5.41, 5.74) is 2.23. The van der Waals surface area contributed by atoms with E-state index in [0.717, 1.165) is 17.3 Å². The molecule has 1 aliphatic heterocycles. The van der Waals surface area contributed by atoms with Gasteiger partial charge in [0.05, 0.1) is 11.1 Å². The second-order valence-electron chi connectivity index (χ2n) is 6.43. The van der Waals surface area contributed by atoms with Gasteiger partial charge in [-0.15, -0.1) is 0 Å². The van der Waals surface area contributed by atoms with Crippen LogP contribution < -0.4 is 0 Å². The van der Waals surface area contributed by atoms with Gasteiger partial charge in [0, 0.05) is 55.7 Å². The molecule has 1 aliphatic rings. The molecule has 0 saturated carbocycles. The molecule has 3 aromatic rings. The summed E-state index contributed by atoms with van der Waals surface area (Å²) in [4.78, 5) is 36.4. The average molecular weight is 348 g/mol. The molecule has 0 spiro atoms. The molecule has 26 heavy (non-hydrogen) atoms. The lowest BCUT2D eigenvalue weighted by atomic mass is 10.1. The predicted molar refractivity (Wildman–Crippen MR) is 99.0 cm³/mol. The third-order valence-corrected chi connectivity index (χ3v) is 4.80. The van der Waals surface area contributed by atoms with Gasteiger partial charge in [0.1, 0.15) is 0 Å². The van der Waals surface area contributed by atoms with Crippen molar-refractivity contribution >= 4 is 22.7 Å². The van der Waals surface area contributed by atoms with Crippen molar-refractivity contribution in [3.8, 4) is 0 Å². The Morgan fingerprint density at radius 1 is 0.923 bits per heavy atom. The Hall–Kier alpha value is -3.15. The molecule has 1 aromatic carbocycles. The van der Waals surface area contributed by atoms with Gasteiger partial charge in [0.15, 0.2) is 0 Å². The normalized spacial score (nSPS) is 15.1. The highest BCUT2D eigenvalue weighted by Gasteiger charge is 2.24. The highest BCUT2D eigenvalue weighted by Crippen LogP contribution is 2.20. The molecule has 6 nitrogen and oxygen atoms in total. The molecular weight excluding hydrogens is 328 g/mol. The molecule has 0 bridgehead atoms. The van der Waals surface area contributed by atoms with Crippen molar-refractivity contribution in [3.05, 3.63) is 66.1 Å². The molecular formula is C20H20N4O2. The Kier molecular flexibility index (Phi) is 4.39. The summed E-state index contributed by atoms with van der Waals surface area (Å²) >= 11 is 0. The summed E-state index contributed by atoms with van der Waals surface area (Å²) in [6.45, 7) is 2.35. The summed E-state index contributed by atoms with van der Waals surface area (Å²) in [5, 5.41) is 0.935. The number of amides is 2. The van der Waals surface area contributed by atoms with Crippen LogP contribution in [-0.4, -0.2) is 57.8 Å². The third kappa shape index (κ3) is 3.06. The molecule has 6 heteroatoms. The van der Waals surface area contributed by atoms with Gasteiger partial charge in [-0.05, 0) is 24.6 Å². The monoisotopic (exact) mass is 348 g/mol. The number of rotatable bonds is 2. The second kappa shape index (κ2) is 7.00. The lowest BCUT2D eigenvalue weighted by Crippen LogP contribution is -2.37. The van der Waals surface area contributed by atoms with Crippen LogP contribution in [0, 0.1) is 0 Å². The van der Waals surface area contributed by atoms with Crippen LogP contribution in [-0.2, 0) is 0 Å². The third-order valence-electron chi connectivity index (χ3n) is 4.80. The van der Waals surface area contributed by atoms with E-state index in [1.165, 1.54) is 0 Å². The molecule has 1 fully saturated rings. The van der Waals surface area contributed by atoms with Gasteiger partial charge in [-0.2, -0.15) is 0 Å². The Morgan fingerprint density at radius 3 is 2.46 bits per heavy atom. The predicted octanol–water partition coefficient (Wildman–Crippen LogP) is 2.55. The summed E-state index contributed by atoms with van der Waals surface area (Å²) in [6.07, 6.45) is 5.78. The fourth-order valence-corrected chi connectivity index (χ4v) is 3.41. The van der Waals surface area contributed by atoms with Crippen LogP contribution in [0.3, 0.4) is 0 Å². The van der Waals surface area contributed by atoms with Gasteiger partial charge < -0.3 is 14.8 Å². The highest BCUT2D eigenvalue weighted by atomic mass is 16.2. The summed E-state index contributed by atoms with van der Waals surface area (Å²) in [7, 11) is 0. The van der Waals surface area contributed by atoms with E-state index >= 15 is 0 Å². The number of carbonyl (C=O) groups excluding carboxylic acids is 2. The quantitative estimate of drug-likeness (QED) is 0.774. The van der Waals surface area contributed by atoms with E-state index in [0.29, 0.717) is 37.3 Å². The van der Waals surface area contributed by atoms with Crippen molar-refractivity contribution < 1.29 is 9.59 Å². The lowest BCUT2D eigenvalue weighted by molar-refractivity contribution is 0.0719. The van der Waals surface area contributed by atoms with Crippen LogP contribution in [0.15, 0.2) is 55.0 Å². The lowest BCUT2D eigenvalue weighted by Gasteiger charge is -2.22. The Bertz CT molecular complexity index is 935. The van der Waals surface area contributed by atoms with Crippen molar-refractivity contribution in [2.75, 3.05) is 26.2 Å². The van der Waals surface area contributed by atoms with E-state index in [1.54, 1.807) is 35.6 Å². The first-order chi connectivity index (χ1) is 12.7. The van der Waals surface area contributed by atoms with E-state index in [2.05, 4.69) is 9.97 Å². The zero-order valence-electron chi connectivity index (χ0n) is 14.4. The van der Waals surface area contributed by atoms with Crippen LogP contribution in [0.4, 0.5) is 0 Å². The van der Waals surface area contributed by atoms with E-state index < -0.39 is 0 Å². The number of aromatic amines is 1. The number of hydrogen-bond acceptors (Lipinski definition) is 3. The first-order valence-electron chi connectivity index (χ1n) is 8.79. The van der Waals surface area contributed by atoms with Crippen molar-refractivity contribution in [1.29, 1.82) is 0 Å². The second-order valence-corrected chi connectivity index (χ2v) is 6.43. The molecule has 0 unspecified atom stereocenters. The number of benzene rings is 1. The zero-order valence-corrected chi connectivity index (χ0v) is 14.4. The number of pyridine rings is 1. The number of hydrogen-bond donors (Lipinski definition) is 1. The average Bonchev–Trinajstić information content (AvgIpc) is 2.97. The van der Waals surface area contributed by atoms with Crippen LogP contribution >= 0.6 is 0 Å². The van der Waals surface area contributed by atoms with Gasteiger partial charge >= 0.3 is 0 Å². The summed E-state index contributed by atoms with van der Waals surface area (Å²) in [6, 6.07) is 11.3. The summed E-state index contributed by atoms with van der Waals surface area (Å²) in [5.74, 6) is -0.0161. The largest absolute Gasteiger partial charge is 0.360 e. The Balaban J connectivity index is 1.48. The Labute approximate surface area is 151 Å². The number of H-pyrrole nitrogens is 1. The van der Waals surface area contributed by atoms with Crippen molar-refractivity contribution in [1.82, 2.24) is 19.8 Å². The number of aromatic nitrogens is 2. The van der Waals surface area contributed by atoms with Gasteiger partial charge in [0.25, 0.3) is 11.8 Å².